The Labute approximate surface area is 115 Å². The molecule has 0 saturated carbocycles. The van der Waals surface area contributed by atoms with E-state index in [1.54, 1.807) is 18.2 Å². The topological polar surface area (TPSA) is 55.1 Å². The summed E-state index contributed by atoms with van der Waals surface area (Å²) in [6.07, 6.45) is 0.342. The zero-order valence-electron chi connectivity index (χ0n) is 10.7. The number of carbonyl (C=O) groups is 1. The Morgan fingerprint density at radius 2 is 1.85 bits per heavy atom. The summed E-state index contributed by atoms with van der Waals surface area (Å²) in [6, 6.07) is 10.2. The van der Waals surface area contributed by atoms with Gasteiger partial charge >= 0.3 is 0 Å². The number of amides is 1. The van der Waals surface area contributed by atoms with Gasteiger partial charge in [-0.15, -0.1) is 0 Å². The van der Waals surface area contributed by atoms with E-state index in [1.165, 1.54) is 18.2 Å². The maximum atomic E-state index is 13.5. The van der Waals surface area contributed by atoms with Crippen LogP contribution in [0.15, 0.2) is 42.5 Å². The summed E-state index contributed by atoms with van der Waals surface area (Å²) >= 11 is 0. The Balaban J connectivity index is 1.94. The molecule has 0 aliphatic heterocycles. The number of rotatable bonds is 4. The number of nitrogens with two attached hydrogens (primary N) is 1. The van der Waals surface area contributed by atoms with Crippen LogP contribution in [-0.4, -0.2) is 12.5 Å². The zero-order valence-corrected chi connectivity index (χ0v) is 10.7. The first-order valence-corrected chi connectivity index (χ1v) is 6.14. The Hall–Kier alpha value is -2.43. The number of nitrogen functional groups attached to an aromatic ring is 1. The van der Waals surface area contributed by atoms with Crippen molar-refractivity contribution >= 4 is 11.6 Å². The van der Waals surface area contributed by atoms with E-state index in [9.17, 15) is 13.6 Å². The fourth-order valence-electron chi connectivity index (χ4n) is 1.82. The number of anilines is 1. The van der Waals surface area contributed by atoms with Gasteiger partial charge in [0.15, 0.2) is 0 Å². The van der Waals surface area contributed by atoms with Gasteiger partial charge in [-0.2, -0.15) is 0 Å². The molecular weight excluding hydrogens is 262 g/mol. The molecule has 0 unspecified atom stereocenters. The van der Waals surface area contributed by atoms with Gasteiger partial charge in [-0.05, 0) is 36.2 Å². The lowest BCUT2D eigenvalue weighted by Gasteiger charge is -2.07. The minimum atomic E-state index is -0.673. The van der Waals surface area contributed by atoms with Crippen LogP contribution in [0.1, 0.15) is 15.9 Å². The Bertz CT molecular complexity index is 629. The van der Waals surface area contributed by atoms with Crippen LogP contribution in [-0.2, 0) is 6.42 Å². The molecule has 0 fully saturated rings. The normalized spacial score (nSPS) is 10.3. The van der Waals surface area contributed by atoms with Gasteiger partial charge in [-0.3, -0.25) is 4.79 Å². The quantitative estimate of drug-likeness (QED) is 0.843. The van der Waals surface area contributed by atoms with Crippen molar-refractivity contribution in [1.82, 2.24) is 5.32 Å². The van der Waals surface area contributed by atoms with Gasteiger partial charge < -0.3 is 11.1 Å². The third kappa shape index (κ3) is 3.32. The largest absolute Gasteiger partial charge is 0.399 e. The fourth-order valence-corrected chi connectivity index (χ4v) is 1.82. The summed E-state index contributed by atoms with van der Waals surface area (Å²) in [7, 11) is 0. The van der Waals surface area contributed by atoms with Gasteiger partial charge in [0.1, 0.15) is 11.6 Å². The van der Waals surface area contributed by atoms with Crippen molar-refractivity contribution in [2.75, 3.05) is 12.3 Å². The lowest BCUT2D eigenvalue weighted by molar-refractivity contribution is 0.0950. The lowest BCUT2D eigenvalue weighted by Crippen LogP contribution is -2.26. The molecule has 0 bridgehead atoms. The van der Waals surface area contributed by atoms with E-state index < -0.39 is 11.7 Å². The molecule has 3 nitrogen and oxygen atoms in total. The van der Waals surface area contributed by atoms with Crippen molar-refractivity contribution in [2.24, 2.45) is 0 Å². The van der Waals surface area contributed by atoms with E-state index in [4.69, 9.17) is 5.73 Å². The first-order chi connectivity index (χ1) is 9.58. The van der Waals surface area contributed by atoms with Gasteiger partial charge in [0.05, 0.1) is 5.56 Å². The second-order valence-corrected chi connectivity index (χ2v) is 4.34. The molecule has 1 amide bonds. The third-order valence-corrected chi connectivity index (χ3v) is 2.88. The highest BCUT2D eigenvalue weighted by molar-refractivity contribution is 5.94. The van der Waals surface area contributed by atoms with E-state index in [1.807, 2.05) is 0 Å². The van der Waals surface area contributed by atoms with Gasteiger partial charge in [-0.1, -0.05) is 18.2 Å². The smallest absolute Gasteiger partial charge is 0.254 e. The number of nitrogens with one attached hydrogen (secondary N) is 1. The lowest BCUT2D eigenvalue weighted by atomic mass is 10.1. The molecule has 0 spiro atoms. The third-order valence-electron chi connectivity index (χ3n) is 2.88. The summed E-state index contributed by atoms with van der Waals surface area (Å²) in [5, 5.41) is 2.55. The van der Waals surface area contributed by atoms with E-state index in [0.717, 1.165) is 6.07 Å². The number of hydrogen-bond donors (Lipinski definition) is 2. The molecule has 5 heteroatoms. The molecule has 2 aromatic carbocycles. The highest BCUT2D eigenvalue weighted by Crippen LogP contribution is 2.12. The monoisotopic (exact) mass is 276 g/mol. The molecule has 20 heavy (non-hydrogen) atoms. The molecule has 104 valence electrons. The molecule has 0 heterocycles. The number of hydrogen-bond acceptors (Lipinski definition) is 2. The van der Waals surface area contributed by atoms with Crippen LogP contribution in [0.4, 0.5) is 14.5 Å². The summed E-state index contributed by atoms with van der Waals surface area (Å²) in [4.78, 5) is 11.8. The van der Waals surface area contributed by atoms with Crippen molar-refractivity contribution in [3.8, 4) is 0 Å². The Morgan fingerprint density at radius 1 is 1.10 bits per heavy atom. The minimum absolute atomic E-state index is 0.0762. The van der Waals surface area contributed by atoms with Gasteiger partial charge in [0, 0.05) is 12.2 Å². The summed E-state index contributed by atoms with van der Waals surface area (Å²) in [5.41, 5.74) is 6.09. The van der Waals surface area contributed by atoms with Gasteiger partial charge in [-0.25, -0.2) is 8.78 Å². The predicted octanol–water partition coefficient (Wildman–Crippen LogP) is 2.52. The van der Waals surface area contributed by atoms with Crippen LogP contribution in [0.3, 0.4) is 0 Å². The summed E-state index contributed by atoms with van der Waals surface area (Å²) < 4.78 is 26.9. The zero-order chi connectivity index (χ0) is 14.5. The molecule has 0 aromatic heterocycles. The molecular formula is C15H14F2N2O. The number of carbonyl (C=O) groups excluding carboxylic acids is 1. The van der Waals surface area contributed by atoms with Crippen LogP contribution in [0.25, 0.3) is 0 Å². The van der Waals surface area contributed by atoms with E-state index in [-0.39, 0.29) is 23.6 Å². The highest BCUT2D eigenvalue weighted by atomic mass is 19.1. The molecule has 0 atom stereocenters. The maximum absolute atomic E-state index is 13.5. The van der Waals surface area contributed by atoms with Crippen LogP contribution < -0.4 is 11.1 Å². The molecule has 0 saturated heterocycles. The SMILES string of the molecule is Nc1ccc(C(=O)NCCc2ccccc2F)c(F)c1. The average molecular weight is 276 g/mol. The second-order valence-electron chi connectivity index (χ2n) is 4.34. The molecule has 0 radical (unpaired) electrons. The number of benzene rings is 2. The molecule has 2 aromatic rings. The van der Waals surface area contributed by atoms with Crippen molar-refractivity contribution in [1.29, 1.82) is 0 Å². The Morgan fingerprint density at radius 3 is 2.55 bits per heavy atom. The maximum Gasteiger partial charge on any atom is 0.254 e. The minimum Gasteiger partial charge on any atom is -0.399 e. The molecule has 2 rings (SSSR count). The van der Waals surface area contributed by atoms with E-state index in [2.05, 4.69) is 5.32 Å². The number of halogens is 2. The van der Waals surface area contributed by atoms with Crippen LogP contribution >= 0.6 is 0 Å². The predicted molar refractivity (Wildman–Crippen MR) is 73.2 cm³/mol. The Kier molecular flexibility index (Phi) is 4.30. The van der Waals surface area contributed by atoms with Gasteiger partial charge in [0.25, 0.3) is 5.91 Å². The fraction of sp³-hybridized carbons (Fsp3) is 0.133. The van der Waals surface area contributed by atoms with Crippen molar-refractivity contribution in [3.63, 3.8) is 0 Å². The average Bonchev–Trinajstić information content (AvgIpc) is 2.40. The van der Waals surface area contributed by atoms with E-state index >= 15 is 0 Å². The molecule has 0 aliphatic carbocycles. The second kappa shape index (κ2) is 6.14. The van der Waals surface area contributed by atoms with Gasteiger partial charge in [0.2, 0.25) is 0 Å². The van der Waals surface area contributed by atoms with Crippen molar-refractivity contribution in [2.45, 2.75) is 6.42 Å². The highest BCUT2D eigenvalue weighted by Gasteiger charge is 2.11. The van der Waals surface area contributed by atoms with Crippen LogP contribution in [0.5, 0.6) is 0 Å². The summed E-state index contributed by atoms with van der Waals surface area (Å²) in [5.74, 6) is -1.53. The molecule has 3 N–H and O–H groups in total. The molecule has 0 aliphatic rings. The first-order valence-electron chi connectivity index (χ1n) is 6.14. The van der Waals surface area contributed by atoms with Crippen LogP contribution in [0, 0.1) is 11.6 Å². The summed E-state index contributed by atoms with van der Waals surface area (Å²) in [6.45, 7) is 0.226. The first kappa shape index (κ1) is 14.0. The van der Waals surface area contributed by atoms with Crippen molar-refractivity contribution in [3.05, 3.63) is 65.2 Å². The van der Waals surface area contributed by atoms with Crippen molar-refractivity contribution < 1.29 is 13.6 Å². The van der Waals surface area contributed by atoms with E-state index in [0.29, 0.717) is 12.0 Å². The standard InChI is InChI=1S/C15H14F2N2O/c16-13-4-2-1-3-10(13)7-8-19-15(20)12-6-5-11(18)9-14(12)17/h1-6,9H,7-8,18H2,(H,19,20). The van der Waals surface area contributed by atoms with Crippen LogP contribution in [0.2, 0.25) is 0 Å².